The lowest BCUT2D eigenvalue weighted by atomic mass is 9.60. The average molecular weight is 236 g/mol. The van der Waals surface area contributed by atoms with E-state index in [-0.39, 0.29) is 11.2 Å². The molecule has 0 aromatic carbocycles. The Balaban J connectivity index is 1.48. The zero-order valence-corrected chi connectivity index (χ0v) is 11.3. The van der Waals surface area contributed by atoms with Gasteiger partial charge in [-0.15, -0.1) is 0 Å². The number of fused-ring (bicyclic) bond motifs is 2. The highest BCUT2D eigenvalue weighted by Crippen LogP contribution is 2.61. The molecule has 2 heterocycles. The van der Waals surface area contributed by atoms with Gasteiger partial charge in [0.15, 0.2) is 0 Å². The molecule has 2 heteroatoms. The second-order valence-corrected chi connectivity index (χ2v) is 7.67. The van der Waals surface area contributed by atoms with Crippen LogP contribution in [0.5, 0.6) is 0 Å². The first-order valence-electron chi connectivity index (χ1n) is 7.29. The maximum absolute atomic E-state index is 5.88. The van der Waals surface area contributed by atoms with Gasteiger partial charge in [0.25, 0.3) is 0 Å². The molecule has 0 aromatic rings. The van der Waals surface area contributed by atoms with Crippen LogP contribution in [-0.4, -0.2) is 23.4 Å². The van der Waals surface area contributed by atoms with Crippen molar-refractivity contribution >= 4 is 0 Å². The highest BCUT2D eigenvalue weighted by molar-refractivity contribution is 5.11. The Bertz CT molecular complexity index is 368. The molecule has 0 spiro atoms. The van der Waals surface area contributed by atoms with Crippen molar-refractivity contribution in [3.63, 3.8) is 0 Å². The molecule has 4 aliphatic rings. The van der Waals surface area contributed by atoms with Crippen molar-refractivity contribution in [2.45, 2.75) is 82.7 Å². The molecule has 2 aliphatic heterocycles. The Kier molecular flexibility index (Phi) is 1.85. The van der Waals surface area contributed by atoms with Gasteiger partial charge in [0.05, 0.1) is 23.4 Å². The smallest absolute Gasteiger partial charge is 0.0920 e. The third-order valence-corrected chi connectivity index (χ3v) is 6.39. The van der Waals surface area contributed by atoms with Crippen LogP contribution in [0.3, 0.4) is 0 Å². The lowest BCUT2D eigenvalue weighted by Crippen LogP contribution is -2.38. The first kappa shape index (κ1) is 10.8. The summed E-state index contributed by atoms with van der Waals surface area (Å²) in [6, 6.07) is 0. The minimum atomic E-state index is 0.263. The fourth-order valence-corrected chi connectivity index (χ4v) is 4.48. The average Bonchev–Trinajstić information content (AvgIpc) is 3.11. The number of hydrogen-bond donors (Lipinski definition) is 0. The third kappa shape index (κ3) is 1.46. The molecule has 2 saturated heterocycles. The summed E-state index contributed by atoms with van der Waals surface area (Å²) < 4.78 is 11.7. The maximum atomic E-state index is 5.88. The van der Waals surface area contributed by atoms with E-state index in [1.807, 2.05) is 0 Å². The summed E-state index contributed by atoms with van der Waals surface area (Å²) in [6.45, 7) is 7.08. The Morgan fingerprint density at radius 1 is 0.882 bits per heavy atom. The first-order chi connectivity index (χ1) is 7.94. The van der Waals surface area contributed by atoms with Crippen molar-refractivity contribution in [1.29, 1.82) is 0 Å². The van der Waals surface area contributed by atoms with E-state index in [9.17, 15) is 0 Å². The summed E-state index contributed by atoms with van der Waals surface area (Å²) in [7, 11) is 0. The highest BCUT2D eigenvalue weighted by atomic mass is 16.6. The molecule has 6 unspecified atom stereocenters. The molecule has 2 aliphatic carbocycles. The quantitative estimate of drug-likeness (QED) is 0.653. The van der Waals surface area contributed by atoms with E-state index in [2.05, 4.69) is 20.8 Å². The molecule has 0 N–H and O–H groups in total. The Labute approximate surface area is 104 Å². The van der Waals surface area contributed by atoms with Gasteiger partial charge in [-0.25, -0.2) is 0 Å². The highest BCUT2D eigenvalue weighted by Gasteiger charge is 2.62. The number of rotatable bonds is 1. The predicted octanol–water partition coefficient (Wildman–Crippen LogP) is 3.29. The summed E-state index contributed by atoms with van der Waals surface area (Å²) in [5.41, 5.74) is 1.05. The summed E-state index contributed by atoms with van der Waals surface area (Å²) in [6.07, 6.45) is 9.00. The van der Waals surface area contributed by atoms with Crippen molar-refractivity contribution in [2.75, 3.05) is 0 Å². The van der Waals surface area contributed by atoms with Gasteiger partial charge in [-0.05, 0) is 63.7 Å². The fourth-order valence-electron chi connectivity index (χ4n) is 4.48. The summed E-state index contributed by atoms with van der Waals surface area (Å²) >= 11 is 0. The van der Waals surface area contributed by atoms with E-state index in [4.69, 9.17) is 9.47 Å². The predicted molar refractivity (Wildman–Crippen MR) is 65.9 cm³/mol. The van der Waals surface area contributed by atoms with Crippen LogP contribution in [0.25, 0.3) is 0 Å². The topological polar surface area (TPSA) is 25.1 Å². The van der Waals surface area contributed by atoms with Crippen LogP contribution >= 0.6 is 0 Å². The van der Waals surface area contributed by atoms with E-state index >= 15 is 0 Å². The van der Waals surface area contributed by atoms with Crippen molar-refractivity contribution in [3.8, 4) is 0 Å². The first-order valence-corrected chi connectivity index (χ1v) is 7.29. The molecule has 2 saturated carbocycles. The minimum Gasteiger partial charge on any atom is -0.366 e. The van der Waals surface area contributed by atoms with Crippen LogP contribution in [0.15, 0.2) is 0 Å². The maximum Gasteiger partial charge on any atom is 0.0920 e. The van der Waals surface area contributed by atoms with Crippen molar-refractivity contribution in [3.05, 3.63) is 0 Å². The standard InChI is InChI=1S/C15H24O2/c1-13(6-7-15(3)12(9-13)17-15)10-4-5-14(2)11(8-10)16-14/h10-12H,4-9H2,1-3H3. The lowest BCUT2D eigenvalue weighted by molar-refractivity contribution is 0.0917. The SMILES string of the molecule is CC1(C2CCC3(C)OC3C2)CCC2(C)OC2C1. The van der Waals surface area contributed by atoms with Crippen LogP contribution in [0.2, 0.25) is 0 Å². The largest absolute Gasteiger partial charge is 0.366 e. The van der Waals surface area contributed by atoms with Crippen molar-refractivity contribution in [1.82, 2.24) is 0 Å². The van der Waals surface area contributed by atoms with Crippen LogP contribution in [0.4, 0.5) is 0 Å². The molecule has 4 fully saturated rings. The molecule has 6 atom stereocenters. The Hall–Kier alpha value is -0.0800. The molecule has 2 nitrogen and oxygen atoms in total. The van der Waals surface area contributed by atoms with Gasteiger partial charge in [-0.3, -0.25) is 0 Å². The zero-order chi connectivity index (χ0) is 11.9. The van der Waals surface area contributed by atoms with E-state index in [0.29, 0.717) is 17.6 Å². The van der Waals surface area contributed by atoms with E-state index in [0.717, 1.165) is 5.92 Å². The van der Waals surface area contributed by atoms with Crippen molar-refractivity contribution < 1.29 is 9.47 Å². The van der Waals surface area contributed by atoms with Gasteiger partial charge in [0.1, 0.15) is 0 Å². The normalized spacial score (nSPS) is 64.8. The van der Waals surface area contributed by atoms with Gasteiger partial charge in [-0.2, -0.15) is 0 Å². The van der Waals surface area contributed by atoms with Crippen LogP contribution in [-0.2, 0) is 9.47 Å². The van der Waals surface area contributed by atoms with E-state index in [1.54, 1.807) is 0 Å². The molecule has 0 amide bonds. The fraction of sp³-hybridized carbons (Fsp3) is 1.00. The molecule has 0 bridgehead atoms. The lowest BCUT2D eigenvalue weighted by Gasteiger charge is -2.42. The second-order valence-electron chi connectivity index (χ2n) is 7.67. The van der Waals surface area contributed by atoms with Gasteiger partial charge in [0, 0.05) is 0 Å². The number of epoxide rings is 2. The Morgan fingerprint density at radius 2 is 1.59 bits per heavy atom. The number of ether oxygens (including phenoxy) is 2. The van der Waals surface area contributed by atoms with E-state index in [1.165, 1.54) is 38.5 Å². The summed E-state index contributed by atoms with van der Waals surface area (Å²) in [4.78, 5) is 0. The molecule has 0 radical (unpaired) electrons. The number of hydrogen-bond acceptors (Lipinski definition) is 2. The molecule has 4 rings (SSSR count). The van der Waals surface area contributed by atoms with Crippen LogP contribution in [0, 0.1) is 11.3 Å². The van der Waals surface area contributed by atoms with Crippen molar-refractivity contribution in [2.24, 2.45) is 11.3 Å². The molecule has 96 valence electrons. The summed E-state index contributed by atoms with van der Waals surface area (Å²) in [5.74, 6) is 0.872. The van der Waals surface area contributed by atoms with E-state index < -0.39 is 0 Å². The Morgan fingerprint density at radius 3 is 2.29 bits per heavy atom. The second kappa shape index (κ2) is 2.91. The van der Waals surface area contributed by atoms with Gasteiger partial charge >= 0.3 is 0 Å². The van der Waals surface area contributed by atoms with Gasteiger partial charge in [0.2, 0.25) is 0 Å². The van der Waals surface area contributed by atoms with Gasteiger partial charge in [-0.1, -0.05) is 6.92 Å². The third-order valence-electron chi connectivity index (χ3n) is 6.39. The molecule has 0 aromatic heterocycles. The van der Waals surface area contributed by atoms with Gasteiger partial charge < -0.3 is 9.47 Å². The summed E-state index contributed by atoms with van der Waals surface area (Å²) in [5, 5.41) is 0. The molecule has 17 heavy (non-hydrogen) atoms. The monoisotopic (exact) mass is 236 g/mol. The van der Waals surface area contributed by atoms with Crippen LogP contribution < -0.4 is 0 Å². The molecular formula is C15H24O2. The zero-order valence-electron chi connectivity index (χ0n) is 11.3. The van der Waals surface area contributed by atoms with Crippen LogP contribution in [0.1, 0.15) is 59.3 Å². The minimum absolute atomic E-state index is 0.263. The molecular weight excluding hydrogens is 212 g/mol.